The molecule has 5 heteroatoms. The predicted octanol–water partition coefficient (Wildman–Crippen LogP) is 3.22. The normalized spacial score (nSPS) is 21.1. The lowest BCUT2D eigenvalue weighted by atomic mass is 10.2. The molecule has 1 aliphatic heterocycles. The third-order valence-electron chi connectivity index (χ3n) is 3.52. The number of ether oxygens (including phenoxy) is 1. The Morgan fingerprint density at radius 2 is 2.42 bits per heavy atom. The summed E-state index contributed by atoms with van der Waals surface area (Å²) in [6.07, 6.45) is 4.37. The fourth-order valence-corrected chi connectivity index (χ4v) is 2.77. The summed E-state index contributed by atoms with van der Waals surface area (Å²) in [5.74, 6) is 0.880. The van der Waals surface area contributed by atoms with E-state index in [9.17, 15) is 0 Å². The van der Waals surface area contributed by atoms with Crippen LogP contribution >= 0.6 is 11.6 Å². The highest BCUT2D eigenvalue weighted by atomic mass is 35.5. The summed E-state index contributed by atoms with van der Waals surface area (Å²) < 4.78 is 7.83. The minimum absolute atomic E-state index is 0.129. The summed E-state index contributed by atoms with van der Waals surface area (Å²) in [5.41, 5.74) is 2.94. The molecule has 0 N–H and O–H groups in total. The first kappa shape index (κ1) is 12.9. The lowest BCUT2D eigenvalue weighted by Gasteiger charge is -2.14. The molecule has 19 heavy (non-hydrogen) atoms. The van der Waals surface area contributed by atoms with Crippen molar-refractivity contribution in [1.82, 2.24) is 14.5 Å². The maximum absolute atomic E-state index is 6.25. The SMILES string of the molecule is Cc1cnc2c(c1)nc(C(C)Cl)n2CC1CCCO1. The van der Waals surface area contributed by atoms with Gasteiger partial charge in [-0.1, -0.05) is 0 Å². The van der Waals surface area contributed by atoms with Gasteiger partial charge < -0.3 is 9.30 Å². The van der Waals surface area contributed by atoms with E-state index >= 15 is 0 Å². The molecule has 0 amide bonds. The first-order chi connectivity index (χ1) is 9.15. The summed E-state index contributed by atoms with van der Waals surface area (Å²) in [6, 6.07) is 2.05. The molecule has 2 aromatic rings. The Morgan fingerprint density at radius 1 is 1.58 bits per heavy atom. The van der Waals surface area contributed by atoms with Gasteiger partial charge in [-0.15, -0.1) is 11.6 Å². The van der Waals surface area contributed by atoms with Crippen LogP contribution in [0.3, 0.4) is 0 Å². The molecule has 0 radical (unpaired) electrons. The van der Waals surface area contributed by atoms with Crippen LogP contribution in [0, 0.1) is 6.92 Å². The fourth-order valence-electron chi connectivity index (χ4n) is 2.60. The summed E-state index contributed by atoms with van der Waals surface area (Å²) in [4.78, 5) is 9.14. The zero-order valence-electron chi connectivity index (χ0n) is 11.3. The number of rotatable bonds is 3. The second kappa shape index (κ2) is 5.10. The van der Waals surface area contributed by atoms with Gasteiger partial charge in [-0.3, -0.25) is 0 Å². The minimum Gasteiger partial charge on any atom is -0.376 e. The van der Waals surface area contributed by atoms with Gasteiger partial charge >= 0.3 is 0 Å². The highest BCUT2D eigenvalue weighted by molar-refractivity contribution is 6.20. The molecule has 2 unspecified atom stereocenters. The van der Waals surface area contributed by atoms with Crippen LogP contribution in [0.15, 0.2) is 12.3 Å². The maximum Gasteiger partial charge on any atom is 0.160 e. The Labute approximate surface area is 117 Å². The van der Waals surface area contributed by atoms with Crippen molar-refractivity contribution in [2.24, 2.45) is 0 Å². The monoisotopic (exact) mass is 279 g/mol. The lowest BCUT2D eigenvalue weighted by Crippen LogP contribution is -2.17. The largest absolute Gasteiger partial charge is 0.376 e. The number of hydrogen-bond acceptors (Lipinski definition) is 3. The molecule has 102 valence electrons. The van der Waals surface area contributed by atoms with Gasteiger partial charge in [0.15, 0.2) is 5.65 Å². The van der Waals surface area contributed by atoms with E-state index in [1.807, 2.05) is 20.0 Å². The number of alkyl halides is 1. The molecule has 0 bridgehead atoms. The molecule has 1 fully saturated rings. The van der Waals surface area contributed by atoms with Gasteiger partial charge in [0.05, 0.1) is 18.0 Å². The summed E-state index contributed by atoms with van der Waals surface area (Å²) in [5, 5.41) is -0.129. The van der Waals surface area contributed by atoms with Crippen molar-refractivity contribution in [2.75, 3.05) is 6.61 Å². The van der Waals surface area contributed by atoms with E-state index in [1.165, 1.54) is 0 Å². The molecular weight excluding hydrogens is 262 g/mol. The van der Waals surface area contributed by atoms with Crippen molar-refractivity contribution in [2.45, 2.75) is 44.7 Å². The van der Waals surface area contributed by atoms with E-state index in [2.05, 4.69) is 20.6 Å². The number of fused-ring (bicyclic) bond motifs is 1. The Hall–Kier alpha value is -1.13. The highest BCUT2D eigenvalue weighted by Gasteiger charge is 2.22. The third kappa shape index (κ3) is 2.47. The van der Waals surface area contributed by atoms with Crippen LogP contribution < -0.4 is 0 Å². The molecule has 0 spiro atoms. The number of imidazole rings is 1. The minimum atomic E-state index is -0.129. The average Bonchev–Trinajstić information content (AvgIpc) is 2.97. The zero-order chi connectivity index (χ0) is 13.4. The highest BCUT2D eigenvalue weighted by Crippen LogP contribution is 2.26. The Balaban J connectivity index is 2.05. The van der Waals surface area contributed by atoms with Crippen molar-refractivity contribution in [3.05, 3.63) is 23.7 Å². The van der Waals surface area contributed by atoms with E-state index in [0.29, 0.717) is 0 Å². The van der Waals surface area contributed by atoms with E-state index in [4.69, 9.17) is 16.3 Å². The molecule has 0 aromatic carbocycles. The zero-order valence-corrected chi connectivity index (χ0v) is 12.0. The number of nitrogens with zero attached hydrogens (tertiary/aromatic N) is 3. The second-order valence-corrected chi connectivity index (χ2v) is 5.84. The fraction of sp³-hybridized carbons (Fsp3) is 0.571. The van der Waals surface area contributed by atoms with Gasteiger partial charge in [-0.2, -0.15) is 0 Å². The number of aryl methyl sites for hydroxylation is 1. The predicted molar refractivity (Wildman–Crippen MR) is 75.5 cm³/mol. The molecule has 2 aromatic heterocycles. The van der Waals surface area contributed by atoms with Crippen LogP contribution in [0.5, 0.6) is 0 Å². The standard InChI is InChI=1S/C14H18ClN3O/c1-9-6-12-14(16-7-9)18(13(17-12)10(2)15)8-11-4-3-5-19-11/h6-7,10-11H,3-5,8H2,1-2H3. The number of pyridine rings is 1. The van der Waals surface area contributed by atoms with E-state index in [0.717, 1.165) is 48.5 Å². The lowest BCUT2D eigenvalue weighted by molar-refractivity contribution is 0.0971. The Kier molecular flexibility index (Phi) is 3.46. The van der Waals surface area contributed by atoms with Crippen molar-refractivity contribution in [1.29, 1.82) is 0 Å². The Bertz CT molecular complexity index is 588. The van der Waals surface area contributed by atoms with Crippen molar-refractivity contribution >= 4 is 22.8 Å². The number of hydrogen-bond donors (Lipinski definition) is 0. The first-order valence-electron chi connectivity index (χ1n) is 6.73. The van der Waals surface area contributed by atoms with Crippen LogP contribution in [0.4, 0.5) is 0 Å². The molecule has 0 aliphatic carbocycles. The van der Waals surface area contributed by atoms with E-state index in [-0.39, 0.29) is 11.5 Å². The van der Waals surface area contributed by atoms with Crippen LogP contribution in [-0.2, 0) is 11.3 Å². The Morgan fingerprint density at radius 3 is 3.11 bits per heavy atom. The van der Waals surface area contributed by atoms with Gasteiger partial charge in [0.25, 0.3) is 0 Å². The summed E-state index contributed by atoms with van der Waals surface area (Å²) >= 11 is 6.25. The van der Waals surface area contributed by atoms with Gasteiger partial charge in [0.2, 0.25) is 0 Å². The third-order valence-corrected chi connectivity index (χ3v) is 3.71. The van der Waals surface area contributed by atoms with Crippen LogP contribution in [0.1, 0.15) is 36.5 Å². The molecular formula is C14H18ClN3O. The summed E-state index contributed by atoms with van der Waals surface area (Å²) in [7, 11) is 0. The van der Waals surface area contributed by atoms with Crippen molar-refractivity contribution in [3.8, 4) is 0 Å². The molecule has 3 heterocycles. The second-order valence-electron chi connectivity index (χ2n) is 5.19. The molecule has 4 nitrogen and oxygen atoms in total. The molecule has 1 saturated heterocycles. The van der Waals surface area contributed by atoms with Crippen molar-refractivity contribution in [3.63, 3.8) is 0 Å². The van der Waals surface area contributed by atoms with Crippen LogP contribution in [-0.4, -0.2) is 27.2 Å². The van der Waals surface area contributed by atoms with Crippen LogP contribution in [0.2, 0.25) is 0 Å². The number of aromatic nitrogens is 3. The average molecular weight is 280 g/mol. The summed E-state index contributed by atoms with van der Waals surface area (Å²) in [6.45, 7) is 5.62. The smallest absolute Gasteiger partial charge is 0.160 e. The van der Waals surface area contributed by atoms with E-state index < -0.39 is 0 Å². The van der Waals surface area contributed by atoms with Crippen molar-refractivity contribution < 1.29 is 4.74 Å². The topological polar surface area (TPSA) is 39.9 Å². The van der Waals surface area contributed by atoms with Gasteiger partial charge in [-0.05, 0) is 38.3 Å². The van der Waals surface area contributed by atoms with E-state index in [1.54, 1.807) is 0 Å². The van der Waals surface area contributed by atoms with Crippen LogP contribution in [0.25, 0.3) is 11.2 Å². The number of halogens is 1. The van der Waals surface area contributed by atoms with Gasteiger partial charge in [0.1, 0.15) is 11.3 Å². The van der Waals surface area contributed by atoms with Gasteiger partial charge in [-0.25, -0.2) is 9.97 Å². The molecule has 0 saturated carbocycles. The molecule has 1 aliphatic rings. The molecule has 3 rings (SSSR count). The van der Waals surface area contributed by atoms with Gasteiger partial charge in [0, 0.05) is 12.8 Å². The quantitative estimate of drug-likeness (QED) is 0.810. The maximum atomic E-state index is 6.25. The molecule has 2 atom stereocenters. The first-order valence-corrected chi connectivity index (χ1v) is 7.17.